The molecule has 0 spiro atoms. The molecule has 1 amide bonds. The second kappa shape index (κ2) is 12.7. The molecule has 36 heavy (non-hydrogen) atoms. The molecule has 1 aromatic rings. The molecule has 0 N–H and O–H groups in total. The summed E-state index contributed by atoms with van der Waals surface area (Å²) in [5.74, 6) is 1.09. The molecule has 1 aliphatic carbocycles. The standard InChI is InChI=1S/C26H44N4O5S/c1-20-15-24(34-6)16-21(2)26(20)36(32,33)29(5)13-14-35-19-25(31)28(4)18-22-7-8-23(17-22)30-11-9-27(3)10-12-30/h15-16,22-23H,7-14,17-19H2,1-6H3. The Labute approximate surface area is 217 Å². The second-order valence-electron chi connectivity index (χ2n) is 10.4. The summed E-state index contributed by atoms with van der Waals surface area (Å²) in [5, 5.41) is 0. The fourth-order valence-electron chi connectivity index (χ4n) is 5.40. The van der Waals surface area contributed by atoms with Gasteiger partial charge in [0.25, 0.3) is 0 Å². The van der Waals surface area contributed by atoms with Crippen LogP contribution in [-0.2, 0) is 19.6 Å². The second-order valence-corrected chi connectivity index (χ2v) is 12.4. The zero-order valence-corrected chi connectivity index (χ0v) is 23.6. The quantitative estimate of drug-likeness (QED) is 0.409. The summed E-state index contributed by atoms with van der Waals surface area (Å²) < 4.78 is 38.3. The van der Waals surface area contributed by atoms with Gasteiger partial charge in [-0.2, -0.15) is 4.31 Å². The van der Waals surface area contributed by atoms with Crippen LogP contribution in [0.4, 0.5) is 0 Å². The first-order valence-electron chi connectivity index (χ1n) is 12.9. The minimum absolute atomic E-state index is 0.0421. The van der Waals surface area contributed by atoms with Crippen molar-refractivity contribution in [2.24, 2.45) is 5.92 Å². The number of benzene rings is 1. The van der Waals surface area contributed by atoms with Gasteiger partial charge in [-0.25, -0.2) is 8.42 Å². The van der Waals surface area contributed by atoms with E-state index >= 15 is 0 Å². The highest BCUT2D eigenvalue weighted by atomic mass is 32.2. The van der Waals surface area contributed by atoms with E-state index in [0.29, 0.717) is 28.8 Å². The average Bonchev–Trinajstić information content (AvgIpc) is 3.29. The minimum atomic E-state index is -3.68. The van der Waals surface area contributed by atoms with Gasteiger partial charge in [0, 0.05) is 59.4 Å². The fraction of sp³-hybridized carbons (Fsp3) is 0.731. The smallest absolute Gasteiger partial charge is 0.248 e. The molecular formula is C26H44N4O5S. The van der Waals surface area contributed by atoms with Gasteiger partial charge in [0.05, 0.1) is 18.6 Å². The van der Waals surface area contributed by atoms with Gasteiger partial charge in [-0.1, -0.05) is 0 Å². The average molecular weight is 525 g/mol. The van der Waals surface area contributed by atoms with Gasteiger partial charge >= 0.3 is 0 Å². The highest BCUT2D eigenvalue weighted by molar-refractivity contribution is 7.89. The lowest BCUT2D eigenvalue weighted by Crippen LogP contribution is -2.48. The van der Waals surface area contributed by atoms with Crippen molar-refractivity contribution >= 4 is 15.9 Å². The molecule has 2 unspecified atom stereocenters. The number of methoxy groups -OCH3 is 1. The van der Waals surface area contributed by atoms with E-state index in [2.05, 4.69) is 16.8 Å². The van der Waals surface area contributed by atoms with Crippen LogP contribution in [0.3, 0.4) is 0 Å². The van der Waals surface area contributed by atoms with E-state index in [4.69, 9.17) is 9.47 Å². The van der Waals surface area contributed by atoms with Crippen molar-refractivity contribution in [3.63, 3.8) is 0 Å². The van der Waals surface area contributed by atoms with Gasteiger partial charge in [0.15, 0.2) is 0 Å². The van der Waals surface area contributed by atoms with E-state index in [1.165, 1.54) is 17.8 Å². The van der Waals surface area contributed by atoms with Gasteiger partial charge in [-0.3, -0.25) is 9.69 Å². The molecule has 0 radical (unpaired) electrons. The summed E-state index contributed by atoms with van der Waals surface area (Å²) >= 11 is 0. The molecule has 0 bridgehead atoms. The van der Waals surface area contributed by atoms with Gasteiger partial charge in [0.2, 0.25) is 15.9 Å². The molecule has 0 aromatic heterocycles. The number of hydrogen-bond donors (Lipinski definition) is 0. The number of sulfonamides is 1. The summed E-state index contributed by atoms with van der Waals surface area (Å²) in [6.45, 7) is 9.09. The van der Waals surface area contributed by atoms with E-state index in [1.54, 1.807) is 38.0 Å². The van der Waals surface area contributed by atoms with Crippen molar-refractivity contribution < 1.29 is 22.7 Å². The number of hydrogen-bond acceptors (Lipinski definition) is 7. The Morgan fingerprint density at radius 2 is 1.72 bits per heavy atom. The maximum Gasteiger partial charge on any atom is 0.248 e. The fourth-order valence-corrected chi connectivity index (χ4v) is 6.95. The summed E-state index contributed by atoms with van der Waals surface area (Å²) in [5.41, 5.74) is 1.27. The molecular weight excluding hydrogens is 480 g/mol. The monoisotopic (exact) mass is 524 g/mol. The summed E-state index contributed by atoms with van der Waals surface area (Å²) in [4.78, 5) is 19.6. The van der Waals surface area contributed by atoms with Crippen LogP contribution in [0.25, 0.3) is 0 Å². The van der Waals surface area contributed by atoms with E-state index < -0.39 is 10.0 Å². The lowest BCUT2D eigenvalue weighted by Gasteiger charge is -2.36. The number of carbonyl (C=O) groups excluding carboxylic acids is 1. The molecule has 204 valence electrons. The number of rotatable bonds is 11. The van der Waals surface area contributed by atoms with Crippen molar-refractivity contribution in [3.05, 3.63) is 23.3 Å². The SMILES string of the molecule is COc1cc(C)c(S(=O)(=O)N(C)CCOCC(=O)N(C)CC2CCC(N3CCN(C)CC3)C2)c(C)c1. The van der Waals surface area contributed by atoms with Gasteiger partial charge in [-0.15, -0.1) is 0 Å². The molecule has 2 atom stereocenters. The van der Waals surface area contributed by atoms with Crippen molar-refractivity contribution in [3.8, 4) is 5.75 Å². The molecule has 1 saturated carbocycles. The van der Waals surface area contributed by atoms with Crippen LogP contribution >= 0.6 is 0 Å². The Morgan fingerprint density at radius 1 is 1.08 bits per heavy atom. The largest absolute Gasteiger partial charge is 0.497 e. The third-order valence-electron chi connectivity index (χ3n) is 7.64. The normalized spacial score (nSPS) is 21.8. The highest BCUT2D eigenvalue weighted by Gasteiger charge is 2.32. The summed E-state index contributed by atoms with van der Waals surface area (Å²) in [6.07, 6.45) is 3.51. The van der Waals surface area contributed by atoms with Gasteiger partial charge in [0.1, 0.15) is 12.4 Å². The Hall–Kier alpha value is -1.72. The Balaban J connectivity index is 1.40. The first kappa shape index (κ1) is 28.8. The van der Waals surface area contributed by atoms with Crippen molar-refractivity contribution in [1.82, 2.24) is 19.0 Å². The van der Waals surface area contributed by atoms with Crippen molar-refractivity contribution in [2.75, 3.05) is 80.7 Å². The Bertz CT molecular complexity index is 971. The van der Waals surface area contributed by atoms with E-state index in [9.17, 15) is 13.2 Å². The lowest BCUT2D eigenvalue weighted by molar-refractivity contribution is -0.135. The third-order valence-corrected chi connectivity index (χ3v) is 9.80. The van der Waals surface area contributed by atoms with Crippen molar-refractivity contribution in [1.29, 1.82) is 0 Å². The van der Waals surface area contributed by atoms with Crippen LogP contribution < -0.4 is 4.74 Å². The van der Waals surface area contributed by atoms with Gasteiger partial charge in [-0.05, 0) is 69.3 Å². The number of aryl methyl sites for hydroxylation is 2. The van der Waals surface area contributed by atoms with Crippen LogP contribution in [0, 0.1) is 19.8 Å². The van der Waals surface area contributed by atoms with Crippen LogP contribution in [0.1, 0.15) is 30.4 Å². The number of piperazine rings is 1. The molecule has 1 saturated heterocycles. The maximum absolute atomic E-state index is 13.1. The molecule has 1 heterocycles. The molecule has 3 rings (SSSR count). The maximum atomic E-state index is 13.1. The molecule has 1 aliphatic heterocycles. The topological polar surface area (TPSA) is 82.6 Å². The highest BCUT2D eigenvalue weighted by Crippen LogP contribution is 2.30. The Morgan fingerprint density at radius 3 is 2.33 bits per heavy atom. The van der Waals surface area contributed by atoms with E-state index in [-0.39, 0.29) is 30.6 Å². The van der Waals surface area contributed by atoms with Crippen LogP contribution in [0.5, 0.6) is 5.75 Å². The molecule has 2 aliphatic rings. The van der Waals surface area contributed by atoms with Crippen molar-refractivity contribution in [2.45, 2.75) is 44.0 Å². The van der Waals surface area contributed by atoms with Crippen LogP contribution in [-0.4, -0.2) is 120 Å². The molecule has 2 fully saturated rings. The number of ether oxygens (including phenoxy) is 2. The van der Waals surface area contributed by atoms with Crippen LogP contribution in [0.15, 0.2) is 17.0 Å². The predicted molar refractivity (Wildman–Crippen MR) is 141 cm³/mol. The zero-order chi connectivity index (χ0) is 26.5. The third kappa shape index (κ3) is 7.19. The molecule has 9 nitrogen and oxygen atoms in total. The van der Waals surface area contributed by atoms with E-state index in [0.717, 1.165) is 45.6 Å². The number of carbonyl (C=O) groups is 1. The summed E-state index contributed by atoms with van der Waals surface area (Å²) in [7, 11) is 3.43. The van der Waals surface area contributed by atoms with Gasteiger partial charge < -0.3 is 19.3 Å². The first-order valence-corrected chi connectivity index (χ1v) is 14.3. The zero-order valence-electron chi connectivity index (χ0n) is 22.8. The minimum Gasteiger partial charge on any atom is -0.497 e. The first-order chi connectivity index (χ1) is 17.0. The number of nitrogens with zero attached hydrogens (tertiary/aromatic N) is 4. The predicted octanol–water partition coefficient (Wildman–Crippen LogP) is 1.82. The van der Waals surface area contributed by atoms with E-state index in [1.807, 2.05) is 7.05 Å². The van der Waals surface area contributed by atoms with Crippen LogP contribution in [0.2, 0.25) is 0 Å². The number of likely N-dealkylation sites (N-methyl/N-ethyl adjacent to an activating group) is 3. The Kier molecular flexibility index (Phi) is 10.2. The lowest BCUT2D eigenvalue weighted by atomic mass is 10.1. The number of amides is 1. The summed E-state index contributed by atoms with van der Waals surface area (Å²) in [6, 6.07) is 4.08. The molecule has 1 aromatic carbocycles. The molecule has 10 heteroatoms.